The molecule has 0 saturated heterocycles. The summed E-state index contributed by atoms with van der Waals surface area (Å²) in [4.78, 5) is 35.6. The van der Waals surface area contributed by atoms with Crippen LogP contribution in [0.5, 0.6) is 0 Å². The number of nitrogens with one attached hydrogen (secondary N) is 1. The third-order valence-electron chi connectivity index (χ3n) is 1.77. The maximum Gasteiger partial charge on any atom is 0.280 e. The average Bonchev–Trinajstić information content (AvgIpc) is 2.17. The van der Waals surface area contributed by atoms with E-state index in [-0.39, 0.29) is 23.3 Å². The first-order valence-corrected chi connectivity index (χ1v) is 3.94. The van der Waals surface area contributed by atoms with E-state index in [1.807, 2.05) is 0 Å². The second kappa shape index (κ2) is 3.02. The smallest absolute Gasteiger partial charge is 0.280 e. The fraction of sp³-hybridized carbons (Fsp3) is 0.286. The minimum absolute atomic E-state index is 0.00254. The Morgan fingerprint density at radius 1 is 1.57 bits per heavy atom. The number of aromatic nitrogens is 2. The van der Waals surface area contributed by atoms with Crippen molar-refractivity contribution in [3.05, 3.63) is 21.2 Å². The first-order valence-electron chi connectivity index (χ1n) is 3.94. The van der Waals surface area contributed by atoms with Crippen molar-refractivity contribution >= 4 is 12.2 Å². The summed E-state index contributed by atoms with van der Waals surface area (Å²) in [6, 6.07) is -0.589. The second-order valence-electron chi connectivity index (χ2n) is 2.80. The lowest BCUT2D eigenvalue weighted by molar-refractivity contribution is -0.108. The lowest BCUT2D eigenvalue weighted by atomic mass is 10.3. The van der Waals surface area contributed by atoms with Crippen molar-refractivity contribution in [2.24, 2.45) is 9.98 Å². The van der Waals surface area contributed by atoms with Crippen molar-refractivity contribution in [2.45, 2.75) is 6.04 Å². The highest BCUT2D eigenvalue weighted by atomic mass is 16.1. The Labute approximate surface area is 77.4 Å². The predicted molar refractivity (Wildman–Crippen MR) is 46.3 cm³/mol. The molecule has 3 N–H and O–H groups in total. The van der Waals surface area contributed by atoms with Gasteiger partial charge in [-0.1, -0.05) is 0 Å². The van der Waals surface area contributed by atoms with Gasteiger partial charge in [0.05, 0.1) is 6.54 Å². The van der Waals surface area contributed by atoms with Gasteiger partial charge in [0.25, 0.3) is 5.56 Å². The molecule has 7 heteroatoms. The van der Waals surface area contributed by atoms with E-state index in [1.165, 1.54) is 0 Å². The molecule has 0 saturated carbocycles. The van der Waals surface area contributed by atoms with Crippen molar-refractivity contribution in [1.82, 2.24) is 9.97 Å². The van der Waals surface area contributed by atoms with Gasteiger partial charge in [-0.05, 0) is 0 Å². The van der Waals surface area contributed by atoms with E-state index in [0.717, 1.165) is 0 Å². The molecule has 0 unspecified atom stereocenters. The lowest BCUT2D eigenvalue weighted by Crippen LogP contribution is -2.48. The van der Waals surface area contributed by atoms with E-state index in [9.17, 15) is 9.59 Å². The topological polar surface area (TPSA) is 114 Å². The van der Waals surface area contributed by atoms with Crippen LogP contribution < -0.4 is 22.1 Å². The van der Waals surface area contributed by atoms with E-state index in [4.69, 9.17) is 5.73 Å². The summed E-state index contributed by atoms with van der Waals surface area (Å²) in [6.45, 7) is 0.215. The van der Waals surface area contributed by atoms with Crippen LogP contribution in [-0.4, -0.2) is 28.8 Å². The Morgan fingerprint density at radius 2 is 2.36 bits per heavy atom. The molecule has 1 aliphatic rings. The summed E-state index contributed by atoms with van der Waals surface area (Å²) in [7, 11) is 0. The zero-order valence-corrected chi connectivity index (χ0v) is 7.10. The van der Waals surface area contributed by atoms with Crippen molar-refractivity contribution in [1.29, 1.82) is 0 Å². The number of nitrogens with zero attached hydrogens (tertiary/aromatic N) is 3. The van der Waals surface area contributed by atoms with Crippen LogP contribution in [0.15, 0.2) is 14.8 Å². The molecule has 14 heavy (non-hydrogen) atoms. The van der Waals surface area contributed by atoms with Gasteiger partial charge in [0, 0.05) is 0 Å². The molecule has 1 aliphatic heterocycles. The zero-order valence-electron chi connectivity index (χ0n) is 7.10. The van der Waals surface area contributed by atoms with Gasteiger partial charge >= 0.3 is 0 Å². The molecule has 7 nitrogen and oxygen atoms in total. The van der Waals surface area contributed by atoms with E-state index in [1.54, 1.807) is 0 Å². The fourth-order valence-electron chi connectivity index (χ4n) is 1.16. The third kappa shape index (κ3) is 1.28. The first kappa shape index (κ1) is 8.54. The molecule has 2 rings (SSSR count). The molecule has 0 aromatic carbocycles. The van der Waals surface area contributed by atoms with Crippen molar-refractivity contribution in [3.63, 3.8) is 0 Å². The minimum atomic E-state index is -0.589. The highest BCUT2D eigenvalue weighted by Gasteiger charge is 2.11. The molecule has 0 bridgehead atoms. The van der Waals surface area contributed by atoms with Gasteiger partial charge in [-0.15, -0.1) is 0 Å². The quantitative estimate of drug-likeness (QED) is 0.468. The van der Waals surface area contributed by atoms with E-state index >= 15 is 0 Å². The Morgan fingerprint density at radius 3 is 3.07 bits per heavy atom. The van der Waals surface area contributed by atoms with Crippen LogP contribution in [0.1, 0.15) is 0 Å². The number of rotatable bonds is 1. The highest BCUT2D eigenvalue weighted by Crippen LogP contribution is 1.87. The molecule has 0 radical (unpaired) electrons. The van der Waals surface area contributed by atoms with Gasteiger partial charge < -0.3 is 10.5 Å². The highest BCUT2D eigenvalue weighted by molar-refractivity contribution is 5.58. The molecule has 0 amide bonds. The Hall–Kier alpha value is -2.05. The predicted octanol–water partition coefficient (Wildman–Crippen LogP) is -2.83. The number of hydrogen-bond donors (Lipinski definition) is 2. The number of anilines is 1. The number of carbonyl (C=O) groups is 1. The molecular formula is C7H7N5O2. The molecule has 1 aromatic heterocycles. The third-order valence-corrected chi connectivity index (χ3v) is 1.77. The molecule has 72 valence electrons. The molecule has 1 aromatic rings. The van der Waals surface area contributed by atoms with Gasteiger partial charge in [0.1, 0.15) is 12.3 Å². The molecule has 1 atom stereocenters. The van der Waals surface area contributed by atoms with Gasteiger partial charge in [-0.25, -0.2) is 0 Å². The van der Waals surface area contributed by atoms with Gasteiger partial charge in [0.2, 0.25) is 5.95 Å². The number of nitrogens with two attached hydrogens (primary N) is 1. The Kier molecular flexibility index (Phi) is 1.84. The number of nitrogen functional groups attached to an aromatic ring is 1. The number of carbonyl (C=O) groups excluding carboxylic acids is 1. The Balaban J connectivity index is 2.80. The fourth-order valence-corrected chi connectivity index (χ4v) is 1.16. The molecule has 2 heterocycles. The number of fused-ring (bicyclic) bond motifs is 1. The van der Waals surface area contributed by atoms with Crippen LogP contribution in [-0.2, 0) is 4.79 Å². The van der Waals surface area contributed by atoms with Gasteiger partial charge in [-0.3, -0.25) is 19.8 Å². The summed E-state index contributed by atoms with van der Waals surface area (Å²) < 4.78 is 0. The number of hydrogen-bond acceptors (Lipinski definition) is 6. The van der Waals surface area contributed by atoms with Gasteiger partial charge in [-0.2, -0.15) is 4.98 Å². The van der Waals surface area contributed by atoms with Crippen molar-refractivity contribution in [2.75, 3.05) is 12.3 Å². The van der Waals surface area contributed by atoms with Crippen LogP contribution in [0, 0.1) is 0 Å². The Bertz CT molecular complexity index is 546. The van der Waals surface area contributed by atoms with E-state index in [2.05, 4.69) is 20.0 Å². The average molecular weight is 193 g/mol. The number of aromatic amines is 1. The molecule has 0 aliphatic carbocycles. The van der Waals surface area contributed by atoms with Crippen molar-refractivity contribution in [3.8, 4) is 0 Å². The van der Waals surface area contributed by atoms with Crippen LogP contribution >= 0.6 is 0 Å². The standard InChI is InChI=1S/C7H7N5O2/c8-7-11-5-4(6(14)12-7)10-3(2-13)1-9-5/h2-3H,1H2,(H3,8,9,11,12,14)/t3-/m1/s1. The zero-order chi connectivity index (χ0) is 10.1. The van der Waals surface area contributed by atoms with E-state index < -0.39 is 11.6 Å². The monoisotopic (exact) mass is 193 g/mol. The van der Waals surface area contributed by atoms with Crippen molar-refractivity contribution < 1.29 is 4.79 Å². The second-order valence-corrected chi connectivity index (χ2v) is 2.80. The summed E-state index contributed by atoms with van der Waals surface area (Å²) in [6.07, 6.45) is 0.641. The van der Waals surface area contributed by atoms with Crippen LogP contribution in [0.4, 0.5) is 5.95 Å². The largest absolute Gasteiger partial charge is 0.369 e. The van der Waals surface area contributed by atoms with Gasteiger partial charge in [0.15, 0.2) is 10.8 Å². The lowest BCUT2D eigenvalue weighted by Gasteiger charge is -2.04. The van der Waals surface area contributed by atoms with Crippen LogP contribution in [0.25, 0.3) is 0 Å². The summed E-state index contributed by atoms with van der Waals surface area (Å²) >= 11 is 0. The summed E-state index contributed by atoms with van der Waals surface area (Å²) in [5.74, 6) is -0.00254. The number of H-pyrrole nitrogens is 1. The first-order chi connectivity index (χ1) is 6.70. The SMILES string of the molecule is Nc1nc2c(c(=O)[nH]1)=N[C@@H](C=O)CN=2. The van der Waals surface area contributed by atoms with Crippen LogP contribution in [0.3, 0.4) is 0 Å². The normalized spacial score (nSPS) is 19.0. The number of aldehydes is 1. The molecular weight excluding hydrogens is 186 g/mol. The summed E-state index contributed by atoms with van der Waals surface area (Å²) in [5.41, 5.74) is 5.04. The maximum atomic E-state index is 11.3. The molecule has 0 fully saturated rings. The molecule has 0 spiro atoms. The van der Waals surface area contributed by atoms with E-state index in [0.29, 0.717) is 6.29 Å². The minimum Gasteiger partial charge on any atom is -0.369 e. The van der Waals surface area contributed by atoms with Crippen LogP contribution in [0.2, 0.25) is 0 Å². The maximum absolute atomic E-state index is 11.3. The summed E-state index contributed by atoms with van der Waals surface area (Å²) in [5, 5.41) is 0.0718.